The predicted octanol–water partition coefficient (Wildman–Crippen LogP) is 18.4. The molecule has 0 rings (SSSR count). The SMILES string of the molecule is CCCCCCCC/C=C\CCCCCCCCCC(=O)OCCCCCCCCCCC/C=C\CCCCCCCC(=O)NC(CO)C(O)/C=C/CCCCCCCCCCCCCCC. The highest BCUT2D eigenvalue weighted by Gasteiger charge is 2.18. The lowest BCUT2D eigenvalue weighted by atomic mass is 10.0. The normalized spacial score (nSPS) is 12.8. The van der Waals surface area contributed by atoms with Gasteiger partial charge in [0.15, 0.2) is 0 Å². The lowest BCUT2D eigenvalue weighted by Gasteiger charge is -2.20. The first-order chi connectivity index (χ1) is 33.0. The summed E-state index contributed by atoms with van der Waals surface area (Å²) in [5, 5.41) is 23.1. The summed E-state index contributed by atoms with van der Waals surface area (Å²) in [6.07, 6.45) is 70.2. The fourth-order valence-electron chi connectivity index (χ4n) is 9.03. The molecule has 0 spiro atoms. The van der Waals surface area contributed by atoms with E-state index >= 15 is 0 Å². The molecule has 1 amide bonds. The van der Waals surface area contributed by atoms with Crippen molar-refractivity contribution >= 4 is 11.9 Å². The number of hydrogen-bond donors (Lipinski definition) is 3. The number of unbranched alkanes of at least 4 members (excludes halogenated alkanes) is 40. The van der Waals surface area contributed by atoms with E-state index in [1.165, 1.54) is 231 Å². The zero-order valence-corrected chi connectivity index (χ0v) is 44.9. The van der Waals surface area contributed by atoms with E-state index in [-0.39, 0.29) is 18.5 Å². The molecule has 2 unspecified atom stereocenters. The number of nitrogens with one attached hydrogen (secondary N) is 1. The first-order valence-corrected chi connectivity index (χ1v) is 29.8. The van der Waals surface area contributed by atoms with Gasteiger partial charge in [-0.2, -0.15) is 0 Å². The summed E-state index contributed by atoms with van der Waals surface area (Å²) in [5.74, 6) is -0.0831. The summed E-state index contributed by atoms with van der Waals surface area (Å²) in [4.78, 5) is 24.5. The van der Waals surface area contributed by atoms with E-state index in [4.69, 9.17) is 4.74 Å². The molecule has 0 aliphatic rings. The second-order valence-electron chi connectivity index (χ2n) is 20.3. The van der Waals surface area contributed by atoms with Crippen molar-refractivity contribution in [2.45, 2.75) is 328 Å². The molecule has 0 saturated heterocycles. The number of esters is 1. The van der Waals surface area contributed by atoms with E-state index in [2.05, 4.69) is 43.5 Å². The highest BCUT2D eigenvalue weighted by atomic mass is 16.5. The third kappa shape index (κ3) is 53.3. The molecular formula is C61H115NO5. The quantitative estimate of drug-likeness (QED) is 0.0321. The van der Waals surface area contributed by atoms with Crippen molar-refractivity contribution in [3.63, 3.8) is 0 Å². The minimum absolute atomic E-state index is 0.00131. The van der Waals surface area contributed by atoms with Gasteiger partial charge in [-0.3, -0.25) is 9.59 Å². The molecule has 0 aromatic carbocycles. The molecule has 0 saturated carbocycles. The van der Waals surface area contributed by atoms with E-state index in [0.717, 1.165) is 57.8 Å². The van der Waals surface area contributed by atoms with Gasteiger partial charge in [0, 0.05) is 12.8 Å². The minimum Gasteiger partial charge on any atom is -0.466 e. The summed E-state index contributed by atoms with van der Waals surface area (Å²) < 4.78 is 5.48. The van der Waals surface area contributed by atoms with Crippen molar-refractivity contribution in [3.05, 3.63) is 36.5 Å². The first kappa shape index (κ1) is 65.1. The average Bonchev–Trinajstić information content (AvgIpc) is 3.33. The summed E-state index contributed by atoms with van der Waals surface area (Å²) >= 11 is 0. The van der Waals surface area contributed by atoms with Crippen LogP contribution >= 0.6 is 0 Å². The van der Waals surface area contributed by atoms with Gasteiger partial charge in [0.25, 0.3) is 0 Å². The molecule has 0 bridgehead atoms. The third-order valence-corrected chi connectivity index (χ3v) is 13.6. The third-order valence-electron chi connectivity index (χ3n) is 13.6. The second-order valence-corrected chi connectivity index (χ2v) is 20.3. The van der Waals surface area contributed by atoms with Gasteiger partial charge in [-0.05, 0) is 83.5 Å². The number of ether oxygens (including phenoxy) is 1. The molecule has 6 nitrogen and oxygen atoms in total. The Morgan fingerprint density at radius 1 is 0.403 bits per heavy atom. The van der Waals surface area contributed by atoms with Gasteiger partial charge in [-0.25, -0.2) is 0 Å². The number of carbonyl (C=O) groups excluding carboxylic acids is 2. The topological polar surface area (TPSA) is 95.9 Å². The summed E-state index contributed by atoms with van der Waals surface area (Å²) in [5.41, 5.74) is 0. The Hall–Kier alpha value is -1.92. The molecule has 0 radical (unpaired) electrons. The van der Waals surface area contributed by atoms with Crippen molar-refractivity contribution in [1.82, 2.24) is 5.32 Å². The van der Waals surface area contributed by atoms with Crippen LogP contribution in [0.3, 0.4) is 0 Å². The molecule has 0 aromatic rings. The van der Waals surface area contributed by atoms with Gasteiger partial charge in [0.05, 0.1) is 25.4 Å². The van der Waals surface area contributed by atoms with Crippen LogP contribution in [0.4, 0.5) is 0 Å². The van der Waals surface area contributed by atoms with Gasteiger partial charge >= 0.3 is 5.97 Å². The van der Waals surface area contributed by atoms with E-state index in [1.54, 1.807) is 6.08 Å². The van der Waals surface area contributed by atoms with Crippen molar-refractivity contribution in [3.8, 4) is 0 Å². The van der Waals surface area contributed by atoms with Crippen LogP contribution in [0.1, 0.15) is 316 Å². The highest BCUT2D eigenvalue weighted by Crippen LogP contribution is 2.16. The number of rotatable bonds is 55. The predicted molar refractivity (Wildman–Crippen MR) is 292 cm³/mol. The minimum atomic E-state index is -0.853. The van der Waals surface area contributed by atoms with E-state index in [0.29, 0.717) is 19.4 Å². The molecule has 2 atom stereocenters. The van der Waals surface area contributed by atoms with Gasteiger partial charge in [0.1, 0.15) is 0 Å². The molecule has 0 aromatic heterocycles. The molecule has 0 fully saturated rings. The van der Waals surface area contributed by atoms with Crippen LogP contribution in [0.25, 0.3) is 0 Å². The zero-order chi connectivity index (χ0) is 48.6. The number of carbonyl (C=O) groups is 2. The summed E-state index contributed by atoms with van der Waals surface area (Å²) in [6, 6.07) is -0.638. The van der Waals surface area contributed by atoms with Crippen LogP contribution in [-0.4, -0.2) is 47.4 Å². The smallest absolute Gasteiger partial charge is 0.305 e. The molecule has 394 valence electrons. The van der Waals surface area contributed by atoms with Crippen LogP contribution in [-0.2, 0) is 14.3 Å². The average molecular weight is 943 g/mol. The molecule has 0 aliphatic carbocycles. The largest absolute Gasteiger partial charge is 0.466 e. The van der Waals surface area contributed by atoms with Crippen LogP contribution in [0.2, 0.25) is 0 Å². The Morgan fingerprint density at radius 3 is 1.06 bits per heavy atom. The van der Waals surface area contributed by atoms with Gasteiger partial charge in [-0.1, -0.05) is 256 Å². The number of allylic oxidation sites excluding steroid dienone is 5. The molecule has 0 heterocycles. The summed E-state index contributed by atoms with van der Waals surface area (Å²) in [7, 11) is 0. The fraction of sp³-hybridized carbons (Fsp3) is 0.869. The number of aliphatic hydroxyl groups is 2. The molecule has 3 N–H and O–H groups in total. The molecule has 67 heavy (non-hydrogen) atoms. The number of amides is 1. The monoisotopic (exact) mass is 942 g/mol. The van der Waals surface area contributed by atoms with Crippen LogP contribution < -0.4 is 5.32 Å². The van der Waals surface area contributed by atoms with Crippen LogP contribution in [0, 0.1) is 0 Å². The Morgan fingerprint density at radius 2 is 0.701 bits per heavy atom. The Bertz CT molecular complexity index is 1090. The van der Waals surface area contributed by atoms with Gasteiger partial charge < -0.3 is 20.3 Å². The van der Waals surface area contributed by atoms with E-state index in [9.17, 15) is 19.8 Å². The van der Waals surface area contributed by atoms with Crippen LogP contribution in [0.5, 0.6) is 0 Å². The maximum Gasteiger partial charge on any atom is 0.305 e. The lowest BCUT2D eigenvalue weighted by Crippen LogP contribution is -2.45. The number of aliphatic hydroxyl groups excluding tert-OH is 2. The lowest BCUT2D eigenvalue weighted by molar-refractivity contribution is -0.143. The molecular weight excluding hydrogens is 827 g/mol. The Balaban J connectivity index is 3.46. The van der Waals surface area contributed by atoms with Crippen molar-refractivity contribution in [1.29, 1.82) is 0 Å². The maximum atomic E-state index is 12.4. The Kier molecular flexibility index (Phi) is 55.0. The van der Waals surface area contributed by atoms with E-state index < -0.39 is 12.1 Å². The first-order valence-electron chi connectivity index (χ1n) is 29.8. The summed E-state index contributed by atoms with van der Waals surface area (Å²) in [6.45, 7) is 4.89. The number of hydrogen-bond acceptors (Lipinski definition) is 5. The van der Waals surface area contributed by atoms with Crippen molar-refractivity contribution < 1.29 is 24.5 Å². The maximum absolute atomic E-state index is 12.4. The van der Waals surface area contributed by atoms with Crippen molar-refractivity contribution in [2.75, 3.05) is 13.2 Å². The van der Waals surface area contributed by atoms with Crippen LogP contribution in [0.15, 0.2) is 36.5 Å². The fourth-order valence-corrected chi connectivity index (χ4v) is 9.03. The highest BCUT2D eigenvalue weighted by molar-refractivity contribution is 5.76. The molecule has 6 heteroatoms. The van der Waals surface area contributed by atoms with Gasteiger partial charge in [-0.15, -0.1) is 0 Å². The van der Waals surface area contributed by atoms with E-state index in [1.807, 2.05) is 6.08 Å². The standard InChI is InChI=1S/C61H115NO5/c1-3-5-7-9-11-13-15-17-19-22-27-31-35-39-43-47-51-55-61(66)67-56-52-48-44-40-36-32-28-24-21-20-23-26-30-34-38-42-46-50-54-60(65)62-58(57-63)59(64)53-49-45-41-37-33-29-25-18-16-14-12-10-8-6-4-2/h17,19,23,26,49,53,58-59,63-64H,3-16,18,20-22,24-25,27-48,50-52,54-57H2,1-2H3,(H,62,65)/b19-17-,26-23-,53-49+. The Labute approximate surface area is 417 Å². The molecule has 0 aliphatic heterocycles. The van der Waals surface area contributed by atoms with Crippen molar-refractivity contribution in [2.24, 2.45) is 0 Å². The van der Waals surface area contributed by atoms with Gasteiger partial charge in [0.2, 0.25) is 5.91 Å². The zero-order valence-electron chi connectivity index (χ0n) is 44.9. The second kappa shape index (κ2) is 56.7.